The zero-order valence-corrected chi connectivity index (χ0v) is 18.1. The monoisotopic (exact) mass is 453 g/mol. The number of morpholine rings is 1. The van der Waals surface area contributed by atoms with Gasteiger partial charge in [-0.2, -0.15) is 0 Å². The fourth-order valence-corrected chi connectivity index (χ4v) is 4.27. The number of hydrogen-bond donors (Lipinski definition) is 1. The van der Waals surface area contributed by atoms with Gasteiger partial charge < -0.3 is 14.4 Å². The predicted molar refractivity (Wildman–Crippen MR) is 119 cm³/mol. The average molecular weight is 454 g/mol. The van der Waals surface area contributed by atoms with Crippen molar-refractivity contribution in [3.05, 3.63) is 64.6 Å². The Kier molecular flexibility index (Phi) is 4.88. The molecule has 3 amide bonds. The van der Waals surface area contributed by atoms with Crippen LogP contribution in [0.2, 0.25) is 0 Å². The van der Waals surface area contributed by atoms with Crippen LogP contribution in [0.5, 0.6) is 5.75 Å². The van der Waals surface area contributed by atoms with Gasteiger partial charge in [0.15, 0.2) is 0 Å². The fraction of sp³-hybridized carbons (Fsp3) is 0.400. The lowest BCUT2D eigenvalue weighted by atomic mass is 10.0. The molecule has 2 saturated heterocycles. The first-order valence-electron chi connectivity index (χ1n) is 13.1. The second-order valence-corrected chi connectivity index (χ2v) is 8.23. The highest BCUT2D eigenvalue weighted by Gasteiger charge is 2.40. The van der Waals surface area contributed by atoms with Gasteiger partial charge >= 0.3 is 0 Å². The number of imide groups is 1. The normalized spacial score (nSPS) is 23.8. The quantitative estimate of drug-likeness (QED) is 0.672. The van der Waals surface area contributed by atoms with Crippen LogP contribution in [-0.4, -0.2) is 59.9 Å². The molecule has 2 atom stereocenters. The van der Waals surface area contributed by atoms with Crippen LogP contribution < -0.4 is 10.1 Å². The summed E-state index contributed by atoms with van der Waals surface area (Å²) < 4.78 is 45.3. The fourth-order valence-electron chi connectivity index (χ4n) is 4.27. The number of ether oxygens (including phenoxy) is 2. The molecule has 5 rings (SSSR count). The number of carbonyl (C=O) groups is 3. The van der Waals surface area contributed by atoms with Gasteiger partial charge in [-0.1, -0.05) is 30.3 Å². The molecule has 8 heteroatoms. The number of carbonyl (C=O) groups excluding carboxylic acids is 3. The number of amides is 3. The molecule has 0 aromatic heterocycles. The van der Waals surface area contributed by atoms with Gasteiger partial charge in [-0.05, 0) is 29.7 Å². The van der Waals surface area contributed by atoms with E-state index in [0.29, 0.717) is 48.7 Å². The third-order valence-electron chi connectivity index (χ3n) is 6.04. The van der Waals surface area contributed by atoms with E-state index in [1.165, 1.54) is 11.0 Å². The second kappa shape index (κ2) is 9.33. The Morgan fingerprint density at radius 1 is 1.12 bits per heavy atom. The van der Waals surface area contributed by atoms with E-state index >= 15 is 0 Å². The Hall–Kier alpha value is -3.23. The van der Waals surface area contributed by atoms with Gasteiger partial charge in [0.25, 0.3) is 5.91 Å². The van der Waals surface area contributed by atoms with E-state index < -0.39 is 18.5 Å². The van der Waals surface area contributed by atoms with Gasteiger partial charge in [-0.3, -0.25) is 24.6 Å². The summed E-state index contributed by atoms with van der Waals surface area (Å²) in [5.74, 6) is -0.744. The van der Waals surface area contributed by atoms with Crippen molar-refractivity contribution in [1.29, 1.82) is 0 Å². The number of benzene rings is 2. The molecule has 3 heterocycles. The van der Waals surface area contributed by atoms with Gasteiger partial charge in [0, 0.05) is 38.5 Å². The van der Waals surface area contributed by atoms with Crippen molar-refractivity contribution in [1.82, 2.24) is 15.1 Å². The predicted octanol–water partition coefficient (Wildman–Crippen LogP) is 1.86. The largest absolute Gasteiger partial charge is 0.489 e. The minimum atomic E-state index is -0.926. The van der Waals surface area contributed by atoms with E-state index in [0.717, 1.165) is 0 Å². The van der Waals surface area contributed by atoms with Gasteiger partial charge in [-0.25, -0.2) is 0 Å². The first-order chi connectivity index (χ1) is 17.8. The molecule has 2 unspecified atom stereocenters. The Bertz CT molecular complexity index is 1270. The van der Waals surface area contributed by atoms with Crippen molar-refractivity contribution < 1.29 is 29.3 Å². The second-order valence-electron chi connectivity index (χ2n) is 8.23. The van der Waals surface area contributed by atoms with E-state index in [4.69, 9.17) is 15.0 Å². The van der Waals surface area contributed by atoms with Gasteiger partial charge in [-0.15, -0.1) is 0 Å². The van der Waals surface area contributed by atoms with Crippen molar-refractivity contribution in [2.45, 2.75) is 38.6 Å². The third kappa shape index (κ3) is 4.62. The molecular formula is C25H27N3O5. The molecular weight excluding hydrogens is 422 g/mol. The molecule has 2 aromatic rings. The number of hydrogen-bond acceptors (Lipinski definition) is 6. The van der Waals surface area contributed by atoms with Crippen LogP contribution in [0.4, 0.5) is 0 Å². The molecule has 8 nitrogen and oxygen atoms in total. The number of piperidine rings is 1. The van der Waals surface area contributed by atoms with Crippen LogP contribution in [0.3, 0.4) is 0 Å². The summed E-state index contributed by atoms with van der Waals surface area (Å²) in [5, 5.41) is 2.28. The zero-order chi connectivity index (χ0) is 26.3. The van der Waals surface area contributed by atoms with Crippen LogP contribution in [-0.2, 0) is 34.0 Å². The van der Waals surface area contributed by atoms with E-state index in [1.807, 2.05) is 4.90 Å². The van der Waals surface area contributed by atoms with Crippen LogP contribution in [0.15, 0.2) is 42.4 Å². The van der Waals surface area contributed by atoms with E-state index in [1.54, 1.807) is 18.2 Å². The lowest BCUT2D eigenvalue weighted by molar-refractivity contribution is -0.136. The first-order valence-corrected chi connectivity index (χ1v) is 11.0. The summed E-state index contributed by atoms with van der Waals surface area (Å²) in [6, 6.07) is 5.47. The summed E-state index contributed by atoms with van der Waals surface area (Å²) in [6.45, 7) is 1.15. The lowest BCUT2D eigenvalue weighted by Crippen LogP contribution is -2.52. The number of rotatable bonds is 6. The maximum atomic E-state index is 13.0. The highest BCUT2D eigenvalue weighted by Crippen LogP contribution is 2.34. The van der Waals surface area contributed by atoms with Gasteiger partial charge in [0.05, 0.1) is 23.9 Å². The number of fused-ring (bicyclic) bond motifs is 1. The smallest absolute Gasteiger partial charge is 0.255 e. The van der Waals surface area contributed by atoms with Crippen LogP contribution >= 0.6 is 0 Å². The molecule has 3 aliphatic rings. The maximum absolute atomic E-state index is 13.0. The maximum Gasteiger partial charge on any atom is 0.255 e. The minimum absolute atomic E-state index is 0.00333. The molecule has 0 spiro atoms. The van der Waals surface area contributed by atoms with Crippen LogP contribution in [0, 0.1) is 0 Å². The van der Waals surface area contributed by atoms with Crippen molar-refractivity contribution in [3.63, 3.8) is 0 Å². The van der Waals surface area contributed by atoms with Crippen LogP contribution in [0.1, 0.15) is 45.4 Å². The van der Waals surface area contributed by atoms with Crippen LogP contribution in [0.25, 0.3) is 0 Å². The standard InChI is InChI=1S/C25H27N3O5/c29-23-9-8-21(24(30)26-23)28-15-20-19(25(28)31)2-1-3-22(20)33-16-18-6-4-17(5-7-18)14-27-10-12-32-13-11-27/h1-7,21H,8-16H2,(H,26,29,30)/i4D,5D,6D,14D. The molecule has 2 aromatic carbocycles. The van der Waals surface area contributed by atoms with Crippen molar-refractivity contribution in [2.24, 2.45) is 0 Å². The first kappa shape index (κ1) is 17.3. The molecule has 0 radical (unpaired) electrons. The Morgan fingerprint density at radius 3 is 2.76 bits per heavy atom. The summed E-state index contributed by atoms with van der Waals surface area (Å²) in [5.41, 5.74) is 1.53. The number of nitrogens with zero attached hydrogens (tertiary/aromatic N) is 2. The molecule has 0 saturated carbocycles. The highest BCUT2D eigenvalue weighted by atomic mass is 16.5. The van der Waals surface area contributed by atoms with Crippen molar-refractivity contribution in [2.75, 3.05) is 26.3 Å². The molecule has 0 bridgehead atoms. The molecule has 172 valence electrons. The summed E-state index contributed by atoms with van der Waals surface area (Å²) in [7, 11) is 0. The van der Waals surface area contributed by atoms with Crippen molar-refractivity contribution >= 4 is 17.7 Å². The van der Waals surface area contributed by atoms with E-state index in [9.17, 15) is 14.4 Å². The van der Waals surface area contributed by atoms with Gasteiger partial charge in [0.2, 0.25) is 11.8 Å². The molecule has 3 aliphatic heterocycles. The Labute approximate surface area is 198 Å². The topological polar surface area (TPSA) is 88.2 Å². The Balaban J connectivity index is 1.34. The minimum Gasteiger partial charge on any atom is -0.489 e. The zero-order valence-electron chi connectivity index (χ0n) is 22.1. The molecule has 33 heavy (non-hydrogen) atoms. The number of nitrogens with one attached hydrogen (secondary N) is 1. The van der Waals surface area contributed by atoms with E-state index in [-0.39, 0.29) is 61.5 Å². The lowest BCUT2D eigenvalue weighted by Gasteiger charge is -2.29. The highest BCUT2D eigenvalue weighted by molar-refractivity contribution is 6.05. The SMILES string of the molecule is [2H]c1cc(COc2cccc3c2CN(C2CCC(=O)NC2=O)C3=O)c([2H])c([2H])c1C([2H])N1CCOCC1. The molecule has 1 N–H and O–H groups in total. The third-order valence-corrected chi connectivity index (χ3v) is 6.04. The summed E-state index contributed by atoms with van der Waals surface area (Å²) >= 11 is 0. The summed E-state index contributed by atoms with van der Waals surface area (Å²) in [6.07, 6.45) is 0.424. The Morgan fingerprint density at radius 2 is 1.94 bits per heavy atom. The molecule has 0 aliphatic carbocycles. The molecule has 2 fully saturated rings. The van der Waals surface area contributed by atoms with Gasteiger partial charge in [0.1, 0.15) is 18.4 Å². The average Bonchev–Trinajstić information content (AvgIpc) is 3.22. The summed E-state index contributed by atoms with van der Waals surface area (Å²) in [4.78, 5) is 40.1. The van der Waals surface area contributed by atoms with E-state index in [2.05, 4.69) is 5.32 Å². The van der Waals surface area contributed by atoms with Crippen molar-refractivity contribution in [3.8, 4) is 5.75 Å².